The molecule has 0 spiro atoms. The highest BCUT2D eigenvalue weighted by Crippen LogP contribution is 2.23. The first-order valence-corrected chi connectivity index (χ1v) is 11.5. The lowest BCUT2D eigenvalue weighted by Gasteiger charge is -2.22. The van der Waals surface area contributed by atoms with Gasteiger partial charge < -0.3 is 14.2 Å². The summed E-state index contributed by atoms with van der Waals surface area (Å²) in [5.41, 5.74) is 3.84. The van der Waals surface area contributed by atoms with Crippen LogP contribution in [0.25, 0.3) is 11.4 Å². The van der Waals surface area contributed by atoms with Crippen LogP contribution in [0.1, 0.15) is 22.6 Å². The lowest BCUT2D eigenvalue weighted by Crippen LogP contribution is -2.35. The molecule has 0 saturated heterocycles. The van der Waals surface area contributed by atoms with Crippen molar-refractivity contribution < 1.29 is 14.1 Å². The highest BCUT2D eigenvalue weighted by Gasteiger charge is 2.17. The highest BCUT2D eigenvalue weighted by atomic mass is 35.5. The van der Waals surface area contributed by atoms with Crippen LogP contribution in [0.15, 0.2) is 83.4 Å². The molecule has 1 amide bonds. The third kappa shape index (κ3) is 6.53. The number of carbonyl (C=O) groups is 1. The largest absolute Gasteiger partial charge is 0.367 e. The van der Waals surface area contributed by atoms with Crippen LogP contribution < -0.4 is 0 Å². The summed E-state index contributed by atoms with van der Waals surface area (Å²) >= 11 is 6.22. The van der Waals surface area contributed by atoms with Gasteiger partial charge in [-0.3, -0.25) is 4.79 Å². The summed E-state index contributed by atoms with van der Waals surface area (Å²) in [4.78, 5) is 19.2. The quantitative estimate of drug-likeness (QED) is 0.303. The van der Waals surface area contributed by atoms with E-state index in [0.29, 0.717) is 42.9 Å². The van der Waals surface area contributed by atoms with Crippen LogP contribution in [0.2, 0.25) is 5.02 Å². The van der Waals surface area contributed by atoms with Crippen LogP contribution >= 0.6 is 11.6 Å². The summed E-state index contributed by atoms with van der Waals surface area (Å²) in [6, 6.07) is 25.3. The van der Waals surface area contributed by atoms with E-state index in [-0.39, 0.29) is 12.5 Å². The Hall–Kier alpha value is -3.48. The number of ether oxygens (including phenoxy) is 1. The lowest BCUT2D eigenvalue weighted by molar-refractivity contribution is -0.137. The number of nitrogens with zero attached hydrogens (tertiary/aromatic N) is 3. The number of aromatic nitrogens is 2. The average molecular weight is 476 g/mol. The third-order valence-corrected chi connectivity index (χ3v) is 5.81. The zero-order chi connectivity index (χ0) is 23.8. The molecule has 0 aliphatic rings. The van der Waals surface area contributed by atoms with Crippen molar-refractivity contribution in [1.82, 2.24) is 15.0 Å². The number of hydrogen-bond donors (Lipinski definition) is 0. The third-order valence-electron chi connectivity index (χ3n) is 5.40. The Labute approximate surface area is 204 Å². The topological polar surface area (TPSA) is 68.5 Å². The fourth-order valence-corrected chi connectivity index (χ4v) is 3.63. The van der Waals surface area contributed by atoms with Gasteiger partial charge in [0, 0.05) is 30.1 Å². The van der Waals surface area contributed by atoms with Crippen molar-refractivity contribution in [1.29, 1.82) is 0 Å². The molecule has 0 aliphatic carbocycles. The fourth-order valence-electron chi connectivity index (χ4n) is 3.45. The van der Waals surface area contributed by atoms with Gasteiger partial charge in [0.15, 0.2) is 0 Å². The zero-order valence-corrected chi connectivity index (χ0v) is 19.7. The minimum absolute atomic E-state index is 0.00131. The van der Waals surface area contributed by atoms with E-state index in [1.54, 1.807) is 4.90 Å². The van der Waals surface area contributed by atoms with Gasteiger partial charge in [-0.05, 0) is 29.7 Å². The summed E-state index contributed by atoms with van der Waals surface area (Å²) in [5.74, 6) is 0.844. The van der Waals surface area contributed by atoms with E-state index in [0.717, 1.165) is 22.3 Å². The van der Waals surface area contributed by atoms with Gasteiger partial charge in [-0.2, -0.15) is 4.98 Å². The van der Waals surface area contributed by atoms with Gasteiger partial charge in [-0.1, -0.05) is 89.6 Å². The van der Waals surface area contributed by atoms with Gasteiger partial charge >= 0.3 is 0 Å². The standard InChI is InChI=1S/C27H26ClN3O3/c1-20-12-13-23(16-24(20)28)27-29-25(34-30-27)14-15-31(17-21-8-4-2-5-9-21)26(32)19-33-18-22-10-6-3-7-11-22/h2-13,16H,14-15,17-19H2,1H3. The molecule has 0 atom stereocenters. The first-order chi connectivity index (χ1) is 16.6. The molecule has 1 aromatic heterocycles. The smallest absolute Gasteiger partial charge is 0.248 e. The normalized spacial score (nSPS) is 10.9. The van der Waals surface area contributed by atoms with Crippen molar-refractivity contribution in [2.75, 3.05) is 13.2 Å². The molecule has 0 N–H and O–H groups in total. The van der Waals surface area contributed by atoms with Gasteiger partial charge in [-0.15, -0.1) is 0 Å². The van der Waals surface area contributed by atoms with Gasteiger partial charge in [0.05, 0.1) is 6.61 Å². The van der Waals surface area contributed by atoms with Crippen molar-refractivity contribution in [2.24, 2.45) is 0 Å². The van der Waals surface area contributed by atoms with Gasteiger partial charge in [-0.25, -0.2) is 0 Å². The molecule has 7 heteroatoms. The van der Waals surface area contributed by atoms with E-state index in [4.69, 9.17) is 20.9 Å². The lowest BCUT2D eigenvalue weighted by atomic mass is 10.1. The predicted octanol–water partition coefficient (Wildman–Crippen LogP) is 5.49. The molecule has 4 rings (SSSR count). The van der Waals surface area contributed by atoms with Crippen LogP contribution in [-0.4, -0.2) is 34.1 Å². The second-order valence-corrected chi connectivity index (χ2v) is 8.41. The van der Waals surface area contributed by atoms with Crippen molar-refractivity contribution in [2.45, 2.75) is 26.5 Å². The van der Waals surface area contributed by atoms with Gasteiger partial charge in [0.2, 0.25) is 17.6 Å². The van der Waals surface area contributed by atoms with Crippen LogP contribution in [0.4, 0.5) is 0 Å². The molecule has 6 nitrogen and oxygen atoms in total. The first kappa shape index (κ1) is 23.7. The first-order valence-electron chi connectivity index (χ1n) is 11.1. The Morgan fingerprint density at radius 3 is 2.41 bits per heavy atom. The Morgan fingerprint density at radius 1 is 1.00 bits per heavy atom. The minimum Gasteiger partial charge on any atom is -0.367 e. The molecule has 0 fully saturated rings. The summed E-state index contributed by atoms with van der Waals surface area (Å²) in [6.07, 6.45) is 0.434. The molecule has 0 saturated carbocycles. The van der Waals surface area contributed by atoms with Crippen molar-refractivity contribution >= 4 is 17.5 Å². The number of hydrogen-bond acceptors (Lipinski definition) is 5. The summed E-state index contributed by atoms with van der Waals surface area (Å²) < 4.78 is 11.1. The molecule has 0 aliphatic heterocycles. The molecular formula is C27H26ClN3O3. The Bertz CT molecular complexity index is 1210. The average Bonchev–Trinajstić information content (AvgIpc) is 3.34. The van der Waals surface area contributed by atoms with Crippen LogP contribution in [0.3, 0.4) is 0 Å². The zero-order valence-electron chi connectivity index (χ0n) is 19.0. The molecule has 4 aromatic rings. The van der Waals surface area contributed by atoms with E-state index in [1.807, 2.05) is 85.8 Å². The second kappa shape index (κ2) is 11.6. The van der Waals surface area contributed by atoms with Gasteiger partial charge in [0.1, 0.15) is 6.61 Å². The molecule has 0 radical (unpaired) electrons. The summed E-state index contributed by atoms with van der Waals surface area (Å²) in [6.45, 7) is 3.23. The van der Waals surface area contributed by atoms with Crippen molar-refractivity contribution in [3.63, 3.8) is 0 Å². The van der Waals surface area contributed by atoms with E-state index < -0.39 is 0 Å². The molecular weight excluding hydrogens is 450 g/mol. The number of benzene rings is 3. The molecule has 0 unspecified atom stereocenters. The number of aryl methyl sites for hydroxylation is 1. The number of halogens is 1. The second-order valence-electron chi connectivity index (χ2n) is 8.00. The SMILES string of the molecule is Cc1ccc(-c2noc(CCN(Cc3ccccc3)C(=O)COCc3ccccc3)n2)cc1Cl. The Balaban J connectivity index is 1.39. The van der Waals surface area contributed by atoms with E-state index in [1.165, 1.54) is 0 Å². The Morgan fingerprint density at radius 2 is 1.71 bits per heavy atom. The van der Waals surface area contributed by atoms with Gasteiger partial charge in [0.25, 0.3) is 0 Å². The number of carbonyl (C=O) groups excluding carboxylic acids is 1. The highest BCUT2D eigenvalue weighted by molar-refractivity contribution is 6.31. The maximum Gasteiger partial charge on any atom is 0.248 e. The molecule has 34 heavy (non-hydrogen) atoms. The van der Waals surface area contributed by atoms with E-state index in [9.17, 15) is 4.79 Å². The minimum atomic E-state index is -0.0927. The summed E-state index contributed by atoms with van der Waals surface area (Å²) in [5, 5.41) is 4.73. The van der Waals surface area contributed by atoms with E-state index in [2.05, 4.69) is 10.1 Å². The molecule has 3 aromatic carbocycles. The van der Waals surface area contributed by atoms with Crippen LogP contribution in [-0.2, 0) is 29.1 Å². The Kier molecular flexibility index (Phi) is 8.07. The van der Waals surface area contributed by atoms with Crippen LogP contribution in [0, 0.1) is 6.92 Å². The number of amides is 1. The predicted molar refractivity (Wildman–Crippen MR) is 131 cm³/mol. The maximum absolute atomic E-state index is 13.0. The van der Waals surface area contributed by atoms with Crippen LogP contribution in [0.5, 0.6) is 0 Å². The van der Waals surface area contributed by atoms with Crippen molar-refractivity contribution in [3.05, 3.63) is 106 Å². The van der Waals surface area contributed by atoms with E-state index >= 15 is 0 Å². The fraction of sp³-hybridized carbons (Fsp3) is 0.222. The molecule has 0 bridgehead atoms. The summed E-state index contributed by atoms with van der Waals surface area (Å²) in [7, 11) is 0. The maximum atomic E-state index is 13.0. The molecule has 1 heterocycles. The number of rotatable bonds is 10. The molecule has 174 valence electrons. The monoisotopic (exact) mass is 475 g/mol. The van der Waals surface area contributed by atoms with Crippen molar-refractivity contribution in [3.8, 4) is 11.4 Å².